The Morgan fingerprint density at radius 3 is 2.15 bits per heavy atom. The fourth-order valence-electron chi connectivity index (χ4n) is 4.03. The maximum atomic E-state index is 12.9. The average Bonchev–Trinajstić information content (AvgIpc) is 3.56. The lowest BCUT2D eigenvalue weighted by Gasteiger charge is -2.35. The van der Waals surface area contributed by atoms with Crippen molar-refractivity contribution in [2.75, 3.05) is 38.5 Å². The van der Waals surface area contributed by atoms with Crippen molar-refractivity contribution in [1.29, 1.82) is 0 Å². The van der Waals surface area contributed by atoms with Crippen LogP contribution in [0.15, 0.2) is 48.5 Å². The minimum Gasteiger partial charge on any atom is -0.395 e. The van der Waals surface area contributed by atoms with Crippen LogP contribution in [-0.2, 0) is 20.4 Å². The largest absolute Gasteiger partial charge is 0.395 e. The number of sulfone groups is 1. The van der Waals surface area contributed by atoms with Crippen LogP contribution in [0, 0.1) is 0 Å². The number of amides is 2. The molecule has 1 heterocycles. The summed E-state index contributed by atoms with van der Waals surface area (Å²) in [5, 5.41) is 18.9. The summed E-state index contributed by atoms with van der Waals surface area (Å²) in [6.07, 6.45) is 1.03. The van der Waals surface area contributed by atoms with E-state index in [4.69, 9.17) is 5.11 Å². The first-order chi connectivity index (χ1) is 15.7. The Kier molecular flexibility index (Phi) is 6.56. The smallest absolute Gasteiger partial charge is 0.254 e. The molecular weight excluding hydrogens is 444 g/mol. The molecule has 4 rings (SSSR count). The fraction of sp³-hybridized carbons (Fsp3) is 0.417. The third-order valence-electron chi connectivity index (χ3n) is 6.16. The van der Waals surface area contributed by atoms with Gasteiger partial charge in [0.15, 0.2) is 9.84 Å². The molecule has 2 aromatic rings. The molecule has 0 atom stereocenters. The lowest BCUT2D eigenvalue weighted by Crippen LogP contribution is -2.53. The van der Waals surface area contributed by atoms with Gasteiger partial charge in [-0.05, 0) is 41.7 Å². The monoisotopic (exact) mass is 472 g/mol. The summed E-state index contributed by atoms with van der Waals surface area (Å²) >= 11 is 0. The number of carbonyl (C=O) groups is 2. The molecule has 9 heteroatoms. The van der Waals surface area contributed by atoms with Crippen LogP contribution in [0.5, 0.6) is 0 Å². The summed E-state index contributed by atoms with van der Waals surface area (Å²) in [7, 11) is -3.37. The number of nitrogens with zero attached hydrogens (tertiary/aromatic N) is 2. The van der Waals surface area contributed by atoms with Gasteiger partial charge >= 0.3 is 0 Å². The van der Waals surface area contributed by atoms with E-state index in [0.29, 0.717) is 50.1 Å². The Hall–Kier alpha value is -2.75. The molecule has 0 radical (unpaired) electrons. The van der Waals surface area contributed by atoms with E-state index < -0.39 is 22.0 Å². The molecule has 1 aliphatic heterocycles. The number of aliphatic hydroxyl groups is 2. The van der Waals surface area contributed by atoms with Crippen molar-refractivity contribution in [3.8, 4) is 11.1 Å². The second-order valence-electron chi connectivity index (χ2n) is 8.71. The molecule has 8 nitrogen and oxygen atoms in total. The van der Waals surface area contributed by atoms with Gasteiger partial charge in [0, 0.05) is 31.7 Å². The molecule has 0 unspecified atom stereocenters. The summed E-state index contributed by atoms with van der Waals surface area (Å²) in [5.41, 5.74) is 1.71. The van der Waals surface area contributed by atoms with Crippen molar-refractivity contribution < 1.29 is 28.2 Å². The lowest BCUT2D eigenvalue weighted by molar-refractivity contribution is -0.143. The van der Waals surface area contributed by atoms with Crippen molar-refractivity contribution >= 4 is 21.7 Å². The molecule has 1 saturated heterocycles. The molecule has 0 aromatic heterocycles. The highest BCUT2D eigenvalue weighted by atomic mass is 32.2. The molecule has 1 saturated carbocycles. The first-order valence-electron chi connectivity index (χ1n) is 11.0. The Bertz CT molecular complexity index is 1130. The molecule has 2 N–H and O–H groups in total. The Labute approximate surface area is 193 Å². The first kappa shape index (κ1) is 23.4. The highest BCUT2D eigenvalue weighted by Crippen LogP contribution is 2.37. The molecule has 2 amide bonds. The van der Waals surface area contributed by atoms with Crippen LogP contribution in [0.4, 0.5) is 0 Å². The average molecular weight is 473 g/mol. The zero-order valence-corrected chi connectivity index (χ0v) is 19.1. The number of benzene rings is 2. The van der Waals surface area contributed by atoms with Crippen LogP contribution in [0.2, 0.25) is 0 Å². The minimum atomic E-state index is -3.37. The van der Waals surface area contributed by atoms with Crippen molar-refractivity contribution in [3.63, 3.8) is 0 Å². The van der Waals surface area contributed by atoms with Gasteiger partial charge in [-0.2, -0.15) is 0 Å². The summed E-state index contributed by atoms with van der Waals surface area (Å²) in [6, 6.07) is 14.4. The van der Waals surface area contributed by atoms with E-state index >= 15 is 0 Å². The van der Waals surface area contributed by atoms with Crippen LogP contribution >= 0.6 is 0 Å². The van der Waals surface area contributed by atoms with Crippen molar-refractivity contribution in [1.82, 2.24) is 9.80 Å². The highest BCUT2D eigenvalue weighted by Gasteiger charge is 2.50. The van der Waals surface area contributed by atoms with E-state index in [9.17, 15) is 23.1 Å². The van der Waals surface area contributed by atoms with Gasteiger partial charge in [-0.3, -0.25) is 9.59 Å². The third kappa shape index (κ3) is 5.43. The molecule has 2 fully saturated rings. The van der Waals surface area contributed by atoms with E-state index in [-0.39, 0.29) is 23.3 Å². The van der Waals surface area contributed by atoms with Gasteiger partial charge in [-0.25, -0.2) is 8.42 Å². The molecular formula is C24H28N2O6S. The standard InChI is InChI=1S/C24H28N2O6S/c27-14-15-33(31,32)17-18-2-1-3-21(16-18)19-4-6-20(7-5-19)22(28)25-10-12-26(13-11-25)23(29)24(30)8-9-24/h1-7,16,27,30H,8-15,17H2. The van der Waals surface area contributed by atoms with Crippen molar-refractivity contribution in [3.05, 3.63) is 59.7 Å². The van der Waals surface area contributed by atoms with Gasteiger partial charge in [0.25, 0.3) is 11.8 Å². The molecule has 33 heavy (non-hydrogen) atoms. The maximum absolute atomic E-state index is 12.9. The van der Waals surface area contributed by atoms with E-state index in [2.05, 4.69) is 0 Å². The minimum absolute atomic E-state index is 0.109. The van der Waals surface area contributed by atoms with Gasteiger partial charge < -0.3 is 20.0 Å². The predicted molar refractivity (Wildman–Crippen MR) is 123 cm³/mol. The maximum Gasteiger partial charge on any atom is 0.254 e. The Morgan fingerprint density at radius 2 is 1.55 bits per heavy atom. The summed E-state index contributed by atoms with van der Waals surface area (Å²) in [6.45, 7) is 1.28. The molecule has 0 spiro atoms. The number of aliphatic hydroxyl groups excluding tert-OH is 1. The second-order valence-corrected chi connectivity index (χ2v) is 10.9. The quantitative estimate of drug-likeness (QED) is 0.623. The number of piperazine rings is 1. The first-order valence-corrected chi connectivity index (χ1v) is 12.8. The number of carbonyl (C=O) groups excluding carboxylic acids is 2. The molecule has 2 aromatic carbocycles. The molecule has 176 valence electrons. The van der Waals surface area contributed by atoms with E-state index in [1.165, 1.54) is 0 Å². The third-order valence-corrected chi connectivity index (χ3v) is 7.73. The summed E-state index contributed by atoms with van der Waals surface area (Å²) < 4.78 is 24.0. The predicted octanol–water partition coefficient (Wildman–Crippen LogP) is 1.07. The number of hydrogen-bond acceptors (Lipinski definition) is 6. The van der Waals surface area contributed by atoms with Gasteiger partial charge in [-0.15, -0.1) is 0 Å². The van der Waals surface area contributed by atoms with Gasteiger partial charge in [0.05, 0.1) is 18.1 Å². The van der Waals surface area contributed by atoms with Crippen LogP contribution in [0.25, 0.3) is 11.1 Å². The van der Waals surface area contributed by atoms with Crippen molar-refractivity contribution in [2.45, 2.75) is 24.2 Å². The van der Waals surface area contributed by atoms with Crippen LogP contribution in [0.3, 0.4) is 0 Å². The normalized spacial score (nSPS) is 17.6. The Balaban J connectivity index is 1.39. The summed E-state index contributed by atoms with van der Waals surface area (Å²) in [5.74, 6) is -0.741. The van der Waals surface area contributed by atoms with Crippen molar-refractivity contribution in [2.24, 2.45) is 0 Å². The van der Waals surface area contributed by atoms with E-state index in [1.54, 1.807) is 40.1 Å². The topological polar surface area (TPSA) is 115 Å². The van der Waals surface area contributed by atoms with Gasteiger partial charge in [0.2, 0.25) is 0 Å². The summed E-state index contributed by atoms with van der Waals surface area (Å²) in [4.78, 5) is 28.5. The zero-order valence-electron chi connectivity index (χ0n) is 18.3. The van der Waals surface area contributed by atoms with Gasteiger partial charge in [0.1, 0.15) is 5.60 Å². The molecule has 2 aliphatic rings. The lowest BCUT2D eigenvalue weighted by atomic mass is 10.0. The molecule has 1 aliphatic carbocycles. The Morgan fingerprint density at radius 1 is 0.909 bits per heavy atom. The number of rotatable bonds is 7. The van der Waals surface area contributed by atoms with E-state index in [0.717, 1.165) is 11.1 Å². The number of hydrogen-bond donors (Lipinski definition) is 2. The molecule has 0 bridgehead atoms. The van der Waals surface area contributed by atoms with Crippen LogP contribution in [-0.4, -0.2) is 84.4 Å². The van der Waals surface area contributed by atoms with E-state index in [1.807, 2.05) is 18.2 Å². The van der Waals surface area contributed by atoms with Crippen LogP contribution < -0.4 is 0 Å². The zero-order chi connectivity index (χ0) is 23.6. The second kappa shape index (κ2) is 9.24. The SMILES string of the molecule is O=C(c1ccc(-c2cccc(CS(=O)(=O)CCO)c2)cc1)N1CCN(C(=O)C2(O)CC2)CC1. The fourth-order valence-corrected chi connectivity index (χ4v) is 5.14. The van der Waals surface area contributed by atoms with Crippen LogP contribution in [0.1, 0.15) is 28.8 Å². The van der Waals surface area contributed by atoms with Gasteiger partial charge in [-0.1, -0.05) is 36.4 Å². The highest BCUT2D eigenvalue weighted by molar-refractivity contribution is 7.90.